The van der Waals surface area contributed by atoms with Crippen molar-refractivity contribution >= 4 is 27.9 Å². The fraction of sp³-hybridized carbons (Fsp3) is 0.167. The Balaban J connectivity index is 1.79. The second kappa shape index (κ2) is 5.17. The predicted octanol–water partition coefficient (Wildman–Crippen LogP) is 2.39. The number of aromatic nitrogens is 4. The van der Waals surface area contributed by atoms with Crippen molar-refractivity contribution in [3.63, 3.8) is 0 Å². The first-order valence-electron chi connectivity index (χ1n) is 5.94. The van der Waals surface area contributed by atoms with E-state index in [2.05, 4.69) is 36.5 Å². The lowest BCUT2D eigenvalue weighted by Crippen LogP contribution is -2.10. The molecule has 0 saturated carbocycles. The highest BCUT2D eigenvalue weighted by molar-refractivity contribution is 9.10. The van der Waals surface area contributed by atoms with E-state index in [4.69, 9.17) is 8.83 Å². The van der Waals surface area contributed by atoms with Crippen LogP contribution >= 0.6 is 15.9 Å². The maximum atomic E-state index is 11.9. The molecule has 108 valence electrons. The molecule has 3 heterocycles. The number of carbonyl (C=O) groups excluding carboxylic acids is 1. The number of aryl methyl sites for hydroxylation is 2. The summed E-state index contributed by atoms with van der Waals surface area (Å²) in [5.41, 5.74) is 1.50. The fourth-order valence-electron chi connectivity index (χ4n) is 1.78. The molecule has 0 radical (unpaired) electrons. The highest BCUT2D eigenvalue weighted by atomic mass is 79.9. The SMILES string of the molecule is Cc1cc(-c2nnc(NC(=O)c3ccc(Br)o3)o2)n(C)n1. The van der Waals surface area contributed by atoms with Gasteiger partial charge < -0.3 is 8.83 Å². The van der Waals surface area contributed by atoms with Gasteiger partial charge in [-0.3, -0.25) is 14.8 Å². The highest BCUT2D eigenvalue weighted by Crippen LogP contribution is 2.21. The maximum absolute atomic E-state index is 11.9. The van der Waals surface area contributed by atoms with E-state index in [-0.39, 0.29) is 17.7 Å². The van der Waals surface area contributed by atoms with Crippen LogP contribution in [0.5, 0.6) is 0 Å². The summed E-state index contributed by atoms with van der Waals surface area (Å²) >= 11 is 3.12. The molecule has 0 bridgehead atoms. The van der Waals surface area contributed by atoms with Crippen molar-refractivity contribution in [2.75, 3.05) is 5.32 Å². The molecule has 0 spiro atoms. The normalized spacial score (nSPS) is 10.8. The molecule has 0 atom stereocenters. The molecule has 3 rings (SSSR count). The van der Waals surface area contributed by atoms with Crippen LogP contribution in [0.2, 0.25) is 0 Å². The van der Waals surface area contributed by atoms with Crippen molar-refractivity contribution in [2.24, 2.45) is 7.05 Å². The van der Waals surface area contributed by atoms with E-state index in [0.29, 0.717) is 10.4 Å². The molecule has 0 fully saturated rings. The summed E-state index contributed by atoms with van der Waals surface area (Å²) in [6.07, 6.45) is 0. The largest absolute Gasteiger partial charge is 0.444 e. The monoisotopic (exact) mass is 351 g/mol. The lowest BCUT2D eigenvalue weighted by atomic mass is 10.4. The molecule has 0 aromatic carbocycles. The van der Waals surface area contributed by atoms with E-state index < -0.39 is 5.91 Å². The van der Waals surface area contributed by atoms with Crippen LogP contribution in [-0.2, 0) is 7.05 Å². The van der Waals surface area contributed by atoms with Gasteiger partial charge in [0.25, 0.3) is 11.8 Å². The van der Waals surface area contributed by atoms with Crippen LogP contribution < -0.4 is 5.32 Å². The molecule has 8 nitrogen and oxygen atoms in total. The zero-order valence-corrected chi connectivity index (χ0v) is 12.7. The standard InChI is InChI=1S/C12H10BrN5O3/c1-6-5-7(18(2)17-6)11-15-16-12(21-11)14-10(19)8-3-4-9(13)20-8/h3-5H,1-2H3,(H,14,16,19). The first-order valence-corrected chi connectivity index (χ1v) is 6.73. The van der Waals surface area contributed by atoms with Gasteiger partial charge in [-0.2, -0.15) is 5.10 Å². The molecule has 3 aromatic heterocycles. The van der Waals surface area contributed by atoms with Crippen molar-refractivity contribution in [3.05, 3.63) is 34.3 Å². The molecule has 0 aliphatic heterocycles. The number of halogens is 1. The number of nitrogens with zero attached hydrogens (tertiary/aromatic N) is 4. The molecule has 1 N–H and O–H groups in total. The van der Waals surface area contributed by atoms with Gasteiger partial charge in [-0.15, -0.1) is 5.10 Å². The second-order valence-electron chi connectivity index (χ2n) is 4.26. The molecule has 1 amide bonds. The summed E-state index contributed by atoms with van der Waals surface area (Å²) in [7, 11) is 1.77. The van der Waals surface area contributed by atoms with Gasteiger partial charge in [-0.05, 0) is 41.1 Å². The smallest absolute Gasteiger partial charge is 0.322 e. The van der Waals surface area contributed by atoms with Crippen LogP contribution in [0.15, 0.2) is 31.7 Å². The van der Waals surface area contributed by atoms with E-state index >= 15 is 0 Å². The first kappa shape index (κ1) is 13.6. The molecule has 0 aliphatic carbocycles. The van der Waals surface area contributed by atoms with Crippen molar-refractivity contribution in [1.29, 1.82) is 0 Å². The van der Waals surface area contributed by atoms with Crippen molar-refractivity contribution in [3.8, 4) is 11.6 Å². The van der Waals surface area contributed by atoms with Gasteiger partial charge in [0, 0.05) is 7.05 Å². The van der Waals surface area contributed by atoms with Gasteiger partial charge in [0.1, 0.15) is 5.69 Å². The Morgan fingerprint density at radius 3 is 2.76 bits per heavy atom. The first-order chi connectivity index (χ1) is 10.0. The molecule has 21 heavy (non-hydrogen) atoms. The van der Waals surface area contributed by atoms with Gasteiger partial charge in [0.05, 0.1) is 5.69 Å². The Bertz CT molecular complexity index is 804. The average molecular weight is 352 g/mol. The fourth-order valence-corrected chi connectivity index (χ4v) is 2.09. The van der Waals surface area contributed by atoms with Gasteiger partial charge in [0.2, 0.25) is 0 Å². The summed E-state index contributed by atoms with van der Waals surface area (Å²) in [6.45, 7) is 1.86. The Morgan fingerprint density at radius 2 is 2.14 bits per heavy atom. The molecular weight excluding hydrogens is 342 g/mol. The number of rotatable bonds is 3. The van der Waals surface area contributed by atoms with Gasteiger partial charge in [-0.1, -0.05) is 5.10 Å². The highest BCUT2D eigenvalue weighted by Gasteiger charge is 2.17. The second-order valence-corrected chi connectivity index (χ2v) is 5.05. The van der Waals surface area contributed by atoms with Crippen molar-refractivity contribution in [1.82, 2.24) is 20.0 Å². The zero-order chi connectivity index (χ0) is 15.0. The van der Waals surface area contributed by atoms with Crippen LogP contribution in [0.4, 0.5) is 6.01 Å². The molecule has 3 aromatic rings. The van der Waals surface area contributed by atoms with Gasteiger partial charge >= 0.3 is 6.01 Å². The summed E-state index contributed by atoms with van der Waals surface area (Å²) in [5, 5.41) is 14.3. The molecule has 0 aliphatic rings. The van der Waals surface area contributed by atoms with Gasteiger partial charge in [0.15, 0.2) is 10.4 Å². The Hall–Kier alpha value is -2.42. The minimum absolute atomic E-state index is 0.0126. The van der Waals surface area contributed by atoms with Crippen LogP contribution in [-0.4, -0.2) is 25.9 Å². The number of furan rings is 1. The lowest BCUT2D eigenvalue weighted by molar-refractivity contribution is 0.0992. The third-order valence-corrected chi connectivity index (χ3v) is 3.09. The Morgan fingerprint density at radius 1 is 1.33 bits per heavy atom. The quantitative estimate of drug-likeness (QED) is 0.777. The topological polar surface area (TPSA) is 99.0 Å². The average Bonchev–Trinajstić information content (AvgIpc) is 3.10. The summed E-state index contributed by atoms with van der Waals surface area (Å²) in [6, 6.07) is 4.94. The Kier molecular flexibility index (Phi) is 3.34. The minimum Gasteiger partial charge on any atom is -0.444 e. The number of hydrogen-bond donors (Lipinski definition) is 1. The predicted molar refractivity (Wildman–Crippen MR) is 75.6 cm³/mol. The number of carbonyl (C=O) groups is 1. The Labute approximate surface area is 127 Å². The van der Waals surface area contributed by atoms with Crippen LogP contribution in [0.3, 0.4) is 0 Å². The third kappa shape index (κ3) is 2.72. The summed E-state index contributed by atoms with van der Waals surface area (Å²) in [5.74, 6) is -0.0656. The van der Waals surface area contributed by atoms with E-state index in [0.717, 1.165) is 5.69 Å². The molecule has 0 unspecified atom stereocenters. The third-order valence-electron chi connectivity index (χ3n) is 2.66. The van der Waals surface area contributed by atoms with E-state index in [9.17, 15) is 4.79 Å². The maximum Gasteiger partial charge on any atom is 0.322 e. The van der Waals surface area contributed by atoms with Crippen molar-refractivity contribution < 1.29 is 13.6 Å². The zero-order valence-electron chi connectivity index (χ0n) is 11.1. The van der Waals surface area contributed by atoms with E-state index in [1.54, 1.807) is 17.8 Å². The molecule has 0 saturated heterocycles. The number of anilines is 1. The molecular formula is C12H10BrN5O3. The number of amides is 1. The summed E-state index contributed by atoms with van der Waals surface area (Å²) in [4.78, 5) is 11.9. The van der Waals surface area contributed by atoms with E-state index in [1.807, 2.05) is 13.0 Å². The van der Waals surface area contributed by atoms with Crippen molar-refractivity contribution in [2.45, 2.75) is 6.92 Å². The van der Waals surface area contributed by atoms with Crippen LogP contribution in [0.25, 0.3) is 11.6 Å². The van der Waals surface area contributed by atoms with Crippen LogP contribution in [0.1, 0.15) is 16.2 Å². The summed E-state index contributed by atoms with van der Waals surface area (Å²) < 4.78 is 12.6. The minimum atomic E-state index is -0.475. The van der Waals surface area contributed by atoms with Crippen LogP contribution in [0, 0.1) is 6.92 Å². The van der Waals surface area contributed by atoms with E-state index in [1.165, 1.54) is 6.07 Å². The lowest BCUT2D eigenvalue weighted by Gasteiger charge is -1.96. The number of nitrogens with one attached hydrogen (secondary N) is 1. The van der Waals surface area contributed by atoms with Gasteiger partial charge in [-0.25, -0.2) is 0 Å². The number of hydrogen-bond acceptors (Lipinski definition) is 6. The molecule has 9 heteroatoms.